The maximum Gasteiger partial charge on any atom is 0.241 e. The second-order valence-electron chi connectivity index (χ2n) is 10.2. The Balaban J connectivity index is 1.17. The molecular weight excluding hydrogens is 464 g/mol. The van der Waals surface area contributed by atoms with Crippen molar-refractivity contribution in [2.24, 2.45) is 5.92 Å². The zero-order valence-corrected chi connectivity index (χ0v) is 21.1. The quantitative estimate of drug-likeness (QED) is 0.516. The maximum absolute atomic E-state index is 13.2. The Hall–Kier alpha value is -2.90. The molecule has 0 saturated carbocycles. The molecule has 184 valence electrons. The van der Waals surface area contributed by atoms with Gasteiger partial charge in [0.15, 0.2) is 0 Å². The number of fused-ring (bicyclic) bond motifs is 1. The zero-order valence-electron chi connectivity index (χ0n) is 20.4. The van der Waals surface area contributed by atoms with Gasteiger partial charge in [0.1, 0.15) is 11.4 Å². The molecule has 0 radical (unpaired) electrons. The van der Waals surface area contributed by atoms with Crippen LogP contribution in [0.4, 0.5) is 0 Å². The van der Waals surface area contributed by atoms with Crippen LogP contribution >= 0.6 is 11.6 Å². The van der Waals surface area contributed by atoms with E-state index in [1.54, 1.807) is 0 Å². The highest BCUT2D eigenvalue weighted by Crippen LogP contribution is 2.40. The van der Waals surface area contributed by atoms with Crippen LogP contribution in [0, 0.1) is 12.8 Å². The largest absolute Gasteiger partial charge is 0.487 e. The SMILES string of the molecule is Cc1ccc2c(c1)C(NC(=O)C1CCN(Cc3nc(-c4ccccc4Cl)no3)CC1)CC(C)(C)O2. The molecule has 0 aliphatic carbocycles. The van der Waals surface area contributed by atoms with Crippen LogP contribution in [0.5, 0.6) is 5.75 Å². The Kier molecular flexibility index (Phi) is 6.55. The summed E-state index contributed by atoms with van der Waals surface area (Å²) in [7, 11) is 0. The lowest BCUT2D eigenvalue weighted by Crippen LogP contribution is -2.45. The summed E-state index contributed by atoms with van der Waals surface area (Å²) in [6.07, 6.45) is 2.34. The van der Waals surface area contributed by atoms with Crippen molar-refractivity contribution in [2.45, 2.75) is 58.2 Å². The number of carbonyl (C=O) groups is 1. The van der Waals surface area contributed by atoms with Crippen LogP contribution in [-0.4, -0.2) is 39.6 Å². The first kappa shape index (κ1) is 23.8. The summed E-state index contributed by atoms with van der Waals surface area (Å²) in [4.78, 5) is 20.0. The number of hydrogen-bond donors (Lipinski definition) is 1. The summed E-state index contributed by atoms with van der Waals surface area (Å²) >= 11 is 6.25. The van der Waals surface area contributed by atoms with Crippen LogP contribution in [0.2, 0.25) is 5.02 Å². The van der Waals surface area contributed by atoms with Gasteiger partial charge in [-0.15, -0.1) is 0 Å². The van der Waals surface area contributed by atoms with Gasteiger partial charge in [0.25, 0.3) is 0 Å². The summed E-state index contributed by atoms with van der Waals surface area (Å²) in [5.74, 6) is 2.03. The van der Waals surface area contributed by atoms with Gasteiger partial charge in [0.2, 0.25) is 17.6 Å². The number of hydrogen-bond acceptors (Lipinski definition) is 6. The number of amides is 1. The number of benzene rings is 2. The zero-order chi connectivity index (χ0) is 24.6. The average molecular weight is 495 g/mol. The molecule has 1 fully saturated rings. The van der Waals surface area contributed by atoms with Gasteiger partial charge >= 0.3 is 0 Å². The minimum absolute atomic E-state index is 0.00756. The summed E-state index contributed by atoms with van der Waals surface area (Å²) in [6.45, 7) is 8.37. The average Bonchev–Trinajstić information content (AvgIpc) is 3.28. The molecular formula is C27H31ClN4O3. The Morgan fingerprint density at radius 3 is 2.74 bits per heavy atom. The van der Waals surface area contributed by atoms with Crippen molar-refractivity contribution in [3.8, 4) is 17.1 Å². The van der Waals surface area contributed by atoms with Crippen molar-refractivity contribution in [2.75, 3.05) is 13.1 Å². The monoisotopic (exact) mass is 494 g/mol. The van der Waals surface area contributed by atoms with E-state index in [1.165, 1.54) is 5.56 Å². The van der Waals surface area contributed by atoms with Crippen molar-refractivity contribution in [3.05, 3.63) is 64.5 Å². The highest BCUT2D eigenvalue weighted by Gasteiger charge is 2.36. The van der Waals surface area contributed by atoms with Crippen molar-refractivity contribution < 1.29 is 14.1 Å². The van der Waals surface area contributed by atoms with E-state index in [9.17, 15) is 4.79 Å². The van der Waals surface area contributed by atoms with Crippen LogP contribution in [0.15, 0.2) is 47.0 Å². The predicted molar refractivity (Wildman–Crippen MR) is 134 cm³/mol. The van der Waals surface area contributed by atoms with Gasteiger partial charge in [-0.2, -0.15) is 4.98 Å². The molecule has 8 heteroatoms. The molecule has 1 unspecified atom stereocenters. The molecule has 1 aromatic heterocycles. The number of halogens is 1. The van der Waals surface area contributed by atoms with Gasteiger partial charge in [-0.25, -0.2) is 0 Å². The molecule has 2 aromatic carbocycles. The fraction of sp³-hybridized carbons (Fsp3) is 0.444. The van der Waals surface area contributed by atoms with Gasteiger partial charge in [-0.05, 0) is 64.9 Å². The van der Waals surface area contributed by atoms with Gasteiger partial charge in [-0.1, -0.05) is 46.6 Å². The van der Waals surface area contributed by atoms with E-state index in [0.717, 1.165) is 49.2 Å². The highest BCUT2D eigenvalue weighted by atomic mass is 35.5. The Labute approximate surface area is 210 Å². The van der Waals surface area contributed by atoms with Crippen molar-refractivity contribution in [1.29, 1.82) is 0 Å². The molecule has 0 bridgehead atoms. The standard InChI is InChI=1S/C27H31ClN4O3/c1-17-8-9-23-20(14-17)22(15-27(2,3)34-23)29-26(33)18-10-12-32(13-11-18)16-24-30-25(31-35-24)19-6-4-5-7-21(19)28/h4-9,14,18,22H,10-13,15-16H2,1-3H3,(H,29,33). The van der Waals surface area contributed by atoms with Crippen molar-refractivity contribution in [1.82, 2.24) is 20.4 Å². The van der Waals surface area contributed by atoms with E-state index in [-0.39, 0.29) is 23.5 Å². The van der Waals surface area contributed by atoms with Crippen LogP contribution in [0.25, 0.3) is 11.4 Å². The molecule has 1 N–H and O–H groups in total. The number of nitrogens with one attached hydrogen (secondary N) is 1. The third kappa shape index (κ3) is 5.36. The molecule has 1 saturated heterocycles. The second-order valence-corrected chi connectivity index (χ2v) is 10.6. The molecule has 1 atom stereocenters. The van der Waals surface area contributed by atoms with Crippen molar-refractivity contribution in [3.63, 3.8) is 0 Å². The summed E-state index contributed by atoms with van der Waals surface area (Å²) < 4.78 is 11.6. The number of rotatable bonds is 5. The van der Waals surface area contributed by atoms with Gasteiger partial charge < -0.3 is 14.6 Å². The molecule has 3 aromatic rings. The fourth-order valence-electron chi connectivity index (χ4n) is 5.01. The molecule has 1 amide bonds. The number of likely N-dealkylation sites (tertiary alicyclic amines) is 1. The molecule has 7 nitrogen and oxygen atoms in total. The van der Waals surface area contributed by atoms with Crippen LogP contribution < -0.4 is 10.1 Å². The number of piperidine rings is 1. The molecule has 3 heterocycles. The highest BCUT2D eigenvalue weighted by molar-refractivity contribution is 6.33. The molecule has 2 aliphatic rings. The van der Waals surface area contributed by atoms with Gasteiger partial charge in [-0.3, -0.25) is 9.69 Å². The van der Waals surface area contributed by atoms with E-state index in [4.69, 9.17) is 20.9 Å². The molecule has 2 aliphatic heterocycles. The molecule has 35 heavy (non-hydrogen) atoms. The predicted octanol–water partition coefficient (Wildman–Crippen LogP) is 5.33. The number of aryl methyl sites for hydroxylation is 1. The lowest BCUT2D eigenvalue weighted by atomic mass is 9.88. The van der Waals surface area contributed by atoms with E-state index in [2.05, 4.69) is 53.3 Å². The first-order chi connectivity index (χ1) is 16.8. The van der Waals surface area contributed by atoms with E-state index in [1.807, 2.05) is 30.3 Å². The molecule has 5 rings (SSSR count). The molecule has 0 spiro atoms. The number of carbonyl (C=O) groups excluding carboxylic acids is 1. The van der Waals surface area contributed by atoms with Gasteiger partial charge in [0, 0.05) is 23.5 Å². The Morgan fingerprint density at radius 1 is 1.20 bits per heavy atom. The first-order valence-corrected chi connectivity index (χ1v) is 12.5. The lowest BCUT2D eigenvalue weighted by molar-refractivity contribution is -0.127. The Morgan fingerprint density at radius 2 is 1.97 bits per heavy atom. The number of ether oxygens (including phenoxy) is 1. The third-order valence-electron chi connectivity index (χ3n) is 6.84. The first-order valence-electron chi connectivity index (χ1n) is 12.2. The summed E-state index contributed by atoms with van der Waals surface area (Å²) in [5.41, 5.74) is 2.67. The van der Waals surface area contributed by atoms with E-state index < -0.39 is 0 Å². The summed E-state index contributed by atoms with van der Waals surface area (Å²) in [5, 5.41) is 8.01. The minimum atomic E-state index is -0.323. The van der Waals surface area contributed by atoms with E-state index in [0.29, 0.717) is 23.3 Å². The second kappa shape index (κ2) is 9.63. The van der Waals surface area contributed by atoms with Gasteiger partial charge in [0.05, 0.1) is 17.6 Å². The fourth-order valence-corrected chi connectivity index (χ4v) is 5.23. The maximum atomic E-state index is 13.2. The Bertz CT molecular complexity index is 1220. The summed E-state index contributed by atoms with van der Waals surface area (Å²) in [6, 6.07) is 13.6. The van der Waals surface area contributed by atoms with Crippen LogP contribution in [0.3, 0.4) is 0 Å². The van der Waals surface area contributed by atoms with Crippen LogP contribution in [0.1, 0.15) is 56.2 Å². The van der Waals surface area contributed by atoms with Crippen LogP contribution in [-0.2, 0) is 11.3 Å². The third-order valence-corrected chi connectivity index (χ3v) is 7.17. The van der Waals surface area contributed by atoms with Crippen molar-refractivity contribution >= 4 is 17.5 Å². The topological polar surface area (TPSA) is 80.5 Å². The number of aromatic nitrogens is 2. The smallest absolute Gasteiger partial charge is 0.241 e. The number of nitrogens with zero attached hydrogens (tertiary/aromatic N) is 3. The lowest BCUT2D eigenvalue weighted by Gasteiger charge is -2.39. The minimum Gasteiger partial charge on any atom is -0.487 e. The van der Waals surface area contributed by atoms with E-state index >= 15 is 0 Å². The normalized spacial score (nSPS) is 20.2.